The first-order valence-corrected chi connectivity index (χ1v) is 8.49. The Morgan fingerprint density at radius 1 is 1.21 bits per heavy atom. The lowest BCUT2D eigenvalue weighted by Crippen LogP contribution is -2.27. The van der Waals surface area contributed by atoms with E-state index in [4.69, 9.17) is 19.0 Å². The van der Waals surface area contributed by atoms with Crippen LogP contribution >= 0.6 is 0 Å². The maximum absolute atomic E-state index is 11.8. The molecule has 0 spiro atoms. The van der Waals surface area contributed by atoms with Gasteiger partial charge >= 0.3 is 5.97 Å². The van der Waals surface area contributed by atoms with Crippen molar-refractivity contribution in [1.29, 1.82) is 0 Å². The molecule has 0 radical (unpaired) electrons. The van der Waals surface area contributed by atoms with Crippen molar-refractivity contribution < 1.29 is 23.8 Å². The van der Waals surface area contributed by atoms with Crippen molar-refractivity contribution in [3.8, 4) is 11.5 Å². The second-order valence-electron chi connectivity index (χ2n) is 6.45. The summed E-state index contributed by atoms with van der Waals surface area (Å²) in [5, 5.41) is 1.73. The van der Waals surface area contributed by atoms with Gasteiger partial charge in [-0.1, -0.05) is 6.92 Å². The zero-order valence-corrected chi connectivity index (χ0v) is 14.5. The highest BCUT2D eigenvalue weighted by Gasteiger charge is 2.37. The van der Waals surface area contributed by atoms with Crippen LogP contribution in [0.4, 0.5) is 5.69 Å². The van der Waals surface area contributed by atoms with Gasteiger partial charge in [0.2, 0.25) is 0 Å². The van der Waals surface area contributed by atoms with Crippen LogP contribution in [0.2, 0.25) is 0 Å². The average Bonchev–Trinajstić information content (AvgIpc) is 3.23. The van der Waals surface area contributed by atoms with Crippen molar-refractivity contribution in [3.63, 3.8) is 0 Å². The minimum Gasteiger partial charge on any atom is -0.493 e. The molecule has 1 aromatic carbocycles. The SMILES string of the molecule is COC(=O)C1ON(c2ccc(OC)c(OC3CCCC3)c2)CC1C. The Kier molecular flexibility index (Phi) is 5.14. The van der Waals surface area contributed by atoms with E-state index >= 15 is 0 Å². The summed E-state index contributed by atoms with van der Waals surface area (Å²) >= 11 is 0. The highest BCUT2D eigenvalue weighted by molar-refractivity contribution is 5.75. The van der Waals surface area contributed by atoms with Crippen LogP contribution in [0.1, 0.15) is 32.6 Å². The lowest BCUT2D eigenvalue weighted by molar-refractivity contribution is -0.153. The Morgan fingerprint density at radius 3 is 2.62 bits per heavy atom. The number of carbonyl (C=O) groups is 1. The number of rotatable bonds is 5. The van der Waals surface area contributed by atoms with Crippen molar-refractivity contribution in [1.82, 2.24) is 0 Å². The molecule has 3 rings (SSSR count). The minimum absolute atomic E-state index is 0.0544. The first-order chi connectivity index (χ1) is 11.6. The molecule has 6 nitrogen and oxygen atoms in total. The predicted octanol–water partition coefficient (Wildman–Crippen LogP) is 2.95. The van der Waals surface area contributed by atoms with E-state index in [1.807, 2.05) is 25.1 Å². The van der Waals surface area contributed by atoms with E-state index in [9.17, 15) is 4.79 Å². The van der Waals surface area contributed by atoms with Crippen LogP contribution in [0.5, 0.6) is 11.5 Å². The van der Waals surface area contributed by atoms with Gasteiger partial charge in [-0.3, -0.25) is 9.90 Å². The van der Waals surface area contributed by atoms with E-state index in [2.05, 4.69) is 0 Å². The molecule has 1 heterocycles. The summed E-state index contributed by atoms with van der Waals surface area (Å²) in [6, 6.07) is 5.70. The van der Waals surface area contributed by atoms with Gasteiger partial charge in [-0.2, -0.15) is 0 Å². The molecule has 0 bridgehead atoms. The molecule has 1 saturated heterocycles. The lowest BCUT2D eigenvalue weighted by Gasteiger charge is -2.21. The van der Waals surface area contributed by atoms with Crippen LogP contribution in [-0.2, 0) is 14.4 Å². The molecule has 2 aliphatic rings. The molecule has 24 heavy (non-hydrogen) atoms. The Balaban J connectivity index is 1.77. The fourth-order valence-corrected chi connectivity index (χ4v) is 3.30. The number of hydrogen-bond donors (Lipinski definition) is 0. The first kappa shape index (κ1) is 16.9. The van der Waals surface area contributed by atoms with Gasteiger partial charge in [-0.15, -0.1) is 0 Å². The molecule has 1 aromatic rings. The third kappa shape index (κ3) is 3.43. The van der Waals surface area contributed by atoms with Crippen LogP contribution in [-0.4, -0.2) is 38.9 Å². The van der Waals surface area contributed by atoms with Gasteiger partial charge in [-0.05, 0) is 37.8 Å². The van der Waals surface area contributed by atoms with Gasteiger partial charge in [0.1, 0.15) is 0 Å². The maximum Gasteiger partial charge on any atom is 0.338 e. The second kappa shape index (κ2) is 7.30. The molecule has 0 aromatic heterocycles. The maximum atomic E-state index is 11.8. The van der Waals surface area contributed by atoms with Crippen LogP contribution in [0, 0.1) is 5.92 Å². The second-order valence-corrected chi connectivity index (χ2v) is 6.45. The Morgan fingerprint density at radius 2 is 1.96 bits per heavy atom. The zero-order chi connectivity index (χ0) is 17.1. The van der Waals surface area contributed by atoms with Gasteiger partial charge in [0, 0.05) is 12.0 Å². The third-order valence-corrected chi connectivity index (χ3v) is 4.68. The van der Waals surface area contributed by atoms with Crippen LogP contribution in [0.15, 0.2) is 18.2 Å². The van der Waals surface area contributed by atoms with Crippen LogP contribution < -0.4 is 14.5 Å². The molecule has 2 atom stereocenters. The van der Waals surface area contributed by atoms with E-state index in [0.717, 1.165) is 24.3 Å². The number of anilines is 1. The summed E-state index contributed by atoms with van der Waals surface area (Å²) in [5.41, 5.74) is 0.849. The Hall–Kier alpha value is -1.95. The van der Waals surface area contributed by atoms with E-state index in [1.54, 1.807) is 12.2 Å². The number of nitrogens with zero attached hydrogens (tertiary/aromatic N) is 1. The molecule has 0 N–H and O–H groups in total. The van der Waals surface area contributed by atoms with Crippen LogP contribution in [0.25, 0.3) is 0 Å². The molecule has 0 amide bonds. The largest absolute Gasteiger partial charge is 0.493 e. The van der Waals surface area contributed by atoms with Crippen LogP contribution in [0.3, 0.4) is 0 Å². The topological polar surface area (TPSA) is 57.2 Å². The predicted molar refractivity (Wildman–Crippen MR) is 89.3 cm³/mol. The summed E-state index contributed by atoms with van der Waals surface area (Å²) in [4.78, 5) is 17.6. The standard InChI is InChI=1S/C18H25NO5/c1-12-11-19(24-17(12)18(20)22-3)13-8-9-15(21-2)16(10-13)23-14-6-4-5-7-14/h8-10,12,14,17H,4-7,11H2,1-3H3. The fourth-order valence-electron chi connectivity index (χ4n) is 3.30. The lowest BCUT2D eigenvalue weighted by atomic mass is 10.1. The van der Waals surface area contributed by atoms with Crippen molar-refractivity contribution in [2.45, 2.75) is 44.8 Å². The minimum atomic E-state index is -0.573. The van der Waals surface area contributed by atoms with Gasteiger partial charge in [0.25, 0.3) is 0 Å². The van der Waals surface area contributed by atoms with E-state index in [1.165, 1.54) is 20.0 Å². The number of carbonyl (C=O) groups excluding carboxylic acids is 1. The highest BCUT2D eigenvalue weighted by Crippen LogP contribution is 2.37. The number of esters is 1. The van der Waals surface area contributed by atoms with Gasteiger partial charge in [0.15, 0.2) is 17.6 Å². The summed E-state index contributed by atoms with van der Waals surface area (Å²) in [7, 11) is 3.01. The number of ether oxygens (including phenoxy) is 3. The Bertz CT molecular complexity index is 585. The van der Waals surface area contributed by atoms with Gasteiger partial charge in [0.05, 0.1) is 32.6 Å². The van der Waals surface area contributed by atoms with Gasteiger partial charge in [-0.25, -0.2) is 4.79 Å². The molecule has 6 heteroatoms. The van der Waals surface area contributed by atoms with E-state index in [0.29, 0.717) is 12.3 Å². The zero-order valence-electron chi connectivity index (χ0n) is 14.5. The third-order valence-electron chi connectivity index (χ3n) is 4.68. The van der Waals surface area contributed by atoms with E-state index < -0.39 is 6.10 Å². The molecule has 1 aliphatic heterocycles. The summed E-state index contributed by atoms with van der Waals surface area (Å²) in [5.74, 6) is 1.14. The molecular formula is C18H25NO5. The quantitative estimate of drug-likeness (QED) is 0.771. The van der Waals surface area contributed by atoms with Crippen molar-refractivity contribution in [2.24, 2.45) is 5.92 Å². The number of benzene rings is 1. The molecule has 1 saturated carbocycles. The molecule has 2 fully saturated rings. The molecule has 2 unspecified atom stereocenters. The summed E-state index contributed by atoms with van der Waals surface area (Å²) < 4.78 is 16.3. The molecular weight excluding hydrogens is 310 g/mol. The monoisotopic (exact) mass is 335 g/mol. The van der Waals surface area contributed by atoms with Gasteiger partial charge < -0.3 is 14.2 Å². The highest BCUT2D eigenvalue weighted by atomic mass is 16.7. The number of hydrogen-bond acceptors (Lipinski definition) is 6. The molecule has 132 valence electrons. The van der Waals surface area contributed by atoms with Crippen molar-refractivity contribution >= 4 is 11.7 Å². The summed E-state index contributed by atoms with van der Waals surface area (Å²) in [6.45, 7) is 2.59. The molecule has 1 aliphatic carbocycles. The van der Waals surface area contributed by atoms with Crippen molar-refractivity contribution in [3.05, 3.63) is 18.2 Å². The smallest absolute Gasteiger partial charge is 0.338 e. The Labute approximate surface area is 142 Å². The summed E-state index contributed by atoms with van der Waals surface area (Å²) in [6.07, 6.45) is 4.25. The van der Waals surface area contributed by atoms with E-state index in [-0.39, 0.29) is 18.0 Å². The fraction of sp³-hybridized carbons (Fsp3) is 0.611. The van der Waals surface area contributed by atoms with Crippen molar-refractivity contribution in [2.75, 3.05) is 25.8 Å². The average molecular weight is 335 g/mol. The normalized spacial score (nSPS) is 24.2. The number of hydroxylamine groups is 1. The first-order valence-electron chi connectivity index (χ1n) is 8.49. The number of methoxy groups -OCH3 is 2.